The summed E-state index contributed by atoms with van der Waals surface area (Å²) in [7, 11) is 0. The second kappa shape index (κ2) is 10.1. The summed E-state index contributed by atoms with van der Waals surface area (Å²) >= 11 is 1.77. The summed E-state index contributed by atoms with van der Waals surface area (Å²) in [5, 5.41) is 4.44. The van der Waals surface area contributed by atoms with E-state index in [-0.39, 0.29) is 17.9 Å². The van der Waals surface area contributed by atoms with Crippen molar-refractivity contribution >= 4 is 17.6 Å². The number of alkyl halides is 1. The molecule has 1 aliphatic carbocycles. The summed E-state index contributed by atoms with van der Waals surface area (Å²) in [4.78, 5) is 19.9. The quantitative estimate of drug-likeness (QED) is 0.432. The molecule has 7 nitrogen and oxygen atoms in total. The number of hydrogen-bond acceptors (Lipinski definition) is 7. The summed E-state index contributed by atoms with van der Waals surface area (Å²) in [6.45, 7) is 2.96. The molecule has 5 rings (SSSR count). The summed E-state index contributed by atoms with van der Waals surface area (Å²) in [6.07, 6.45) is 5.11. The number of benzene rings is 1. The predicted molar refractivity (Wildman–Crippen MR) is 132 cm³/mol. The molecule has 0 bridgehead atoms. The van der Waals surface area contributed by atoms with Crippen molar-refractivity contribution in [2.75, 3.05) is 44.4 Å². The third-order valence-corrected chi connectivity index (χ3v) is 7.53. The van der Waals surface area contributed by atoms with Crippen molar-refractivity contribution in [3.05, 3.63) is 77.0 Å². The Hall–Kier alpha value is -2.91. The Morgan fingerprint density at radius 1 is 1.03 bits per heavy atom. The highest BCUT2D eigenvalue weighted by atomic mass is 32.2. The lowest BCUT2D eigenvalue weighted by Crippen LogP contribution is -2.44. The van der Waals surface area contributed by atoms with E-state index < -0.39 is 12.1 Å². The van der Waals surface area contributed by atoms with Gasteiger partial charge in [0.1, 0.15) is 5.69 Å². The summed E-state index contributed by atoms with van der Waals surface area (Å²) in [5.74, 6) is 1.09. The van der Waals surface area contributed by atoms with Gasteiger partial charge in [0.05, 0.1) is 36.6 Å². The lowest BCUT2D eigenvalue weighted by Gasteiger charge is -2.35. The molecule has 1 saturated heterocycles. The van der Waals surface area contributed by atoms with Gasteiger partial charge in [0.15, 0.2) is 0 Å². The van der Waals surface area contributed by atoms with Crippen LogP contribution in [0.4, 0.5) is 10.1 Å². The maximum Gasteiger partial charge on any atom is 0.316 e. The molecule has 0 unspecified atom stereocenters. The number of pyridine rings is 1. The normalized spacial score (nSPS) is 17.5. The van der Waals surface area contributed by atoms with Gasteiger partial charge < -0.3 is 9.64 Å². The minimum absolute atomic E-state index is 0.213. The van der Waals surface area contributed by atoms with Gasteiger partial charge in [-0.1, -0.05) is 36.2 Å². The maximum atomic E-state index is 13.5. The van der Waals surface area contributed by atoms with Crippen molar-refractivity contribution < 1.29 is 9.13 Å². The van der Waals surface area contributed by atoms with Crippen LogP contribution in [0.25, 0.3) is 5.69 Å². The first kappa shape index (κ1) is 22.9. The molecule has 1 aliphatic heterocycles. The highest BCUT2D eigenvalue weighted by Gasteiger charge is 2.44. The number of halogens is 1. The molecule has 3 aromatic rings. The molecule has 2 aliphatic rings. The van der Waals surface area contributed by atoms with Gasteiger partial charge in [-0.05, 0) is 37.1 Å². The first-order chi connectivity index (χ1) is 16.7. The standard InChI is InChI=1S/C25H28FN5O2S/c26-18-25(9-10-25)19-33-23-22(16-28-31(24(23)32)21-7-2-1-3-8-21)29-12-14-30(15-13-29)34-17-20-6-4-5-11-27-20/h1-8,11,16H,9-10,12-15,17-19H2. The van der Waals surface area contributed by atoms with Gasteiger partial charge in [-0.25, -0.2) is 4.31 Å². The number of nitrogens with zero attached hydrogens (tertiary/aromatic N) is 5. The highest BCUT2D eigenvalue weighted by Crippen LogP contribution is 2.46. The van der Waals surface area contributed by atoms with Gasteiger partial charge in [0, 0.05) is 37.8 Å². The second-order valence-corrected chi connectivity index (χ2v) is 9.91. The van der Waals surface area contributed by atoms with Crippen molar-refractivity contribution in [3.8, 4) is 11.4 Å². The molecule has 2 fully saturated rings. The minimum atomic E-state index is -0.439. The van der Waals surface area contributed by atoms with Crippen LogP contribution in [0.1, 0.15) is 18.5 Å². The Morgan fingerprint density at radius 3 is 2.47 bits per heavy atom. The van der Waals surface area contributed by atoms with Gasteiger partial charge in [-0.15, -0.1) is 0 Å². The average molecular weight is 482 g/mol. The fraction of sp³-hybridized carbons (Fsp3) is 0.400. The highest BCUT2D eigenvalue weighted by molar-refractivity contribution is 7.96. The molecule has 0 amide bonds. The molecule has 0 atom stereocenters. The number of rotatable bonds is 9. The van der Waals surface area contributed by atoms with E-state index in [0.717, 1.165) is 50.5 Å². The van der Waals surface area contributed by atoms with Gasteiger partial charge in [0.25, 0.3) is 0 Å². The van der Waals surface area contributed by atoms with Crippen molar-refractivity contribution in [2.24, 2.45) is 5.41 Å². The number of hydrogen-bond donors (Lipinski definition) is 0. The van der Waals surface area contributed by atoms with Crippen LogP contribution in [0.5, 0.6) is 5.75 Å². The molecule has 178 valence electrons. The number of aromatic nitrogens is 3. The minimum Gasteiger partial charge on any atom is -0.486 e. The topological polar surface area (TPSA) is 63.5 Å². The Kier molecular flexibility index (Phi) is 6.82. The summed E-state index contributed by atoms with van der Waals surface area (Å²) < 4.78 is 23.2. The maximum absolute atomic E-state index is 13.5. The van der Waals surface area contributed by atoms with Crippen LogP contribution in [0.2, 0.25) is 0 Å². The number of para-hydroxylation sites is 1. The molecule has 34 heavy (non-hydrogen) atoms. The molecule has 0 spiro atoms. The van der Waals surface area contributed by atoms with Crippen LogP contribution in [-0.2, 0) is 5.75 Å². The van der Waals surface area contributed by atoms with Crippen molar-refractivity contribution in [1.29, 1.82) is 0 Å². The Bertz CT molecular complexity index is 1150. The van der Waals surface area contributed by atoms with Crippen molar-refractivity contribution in [3.63, 3.8) is 0 Å². The average Bonchev–Trinajstić information content (AvgIpc) is 3.68. The van der Waals surface area contributed by atoms with E-state index in [2.05, 4.69) is 19.3 Å². The van der Waals surface area contributed by atoms with Crippen molar-refractivity contribution in [2.45, 2.75) is 18.6 Å². The monoisotopic (exact) mass is 481 g/mol. The van der Waals surface area contributed by atoms with Gasteiger partial charge in [0.2, 0.25) is 5.75 Å². The lowest BCUT2D eigenvalue weighted by molar-refractivity contribution is 0.197. The Labute approximate surface area is 202 Å². The van der Waals surface area contributed by atoms with E-state index in [1.165, 1.54) is 4.68 Å². The molecular weight excluding hydrogens is 453 g/mol. The van der Waals surface area contributed by atoms with Crippen LogP contribution < -0.4 is 15.2 Å². The van der Waals surface area contributed by atoms with Crippen LogP contribution >= 0.6 is 11.9 Å². The third kappa shape index (κ3) is 5.10. The van der Waals surface area contributed by atoms with Gasteiger partial charge >= 0.3 is 5.56 Å². The second-order valence-electron chi connectivity index (χ2n) is 8.84. The predicted octanol–water partition coefficient (Wildman–Crippen LogP) is 3.73. The fourth-order valence-corrected chi connectivity index (χ4v) is 4.87. The SMILES string of the molecule is O=c1c(OCC2(CF)CC2)c(N2CCN(SCc3ccccn3)CC2)cnn1-c1ccccc1. The van der Waals surface area contributed by atoms with E-state index in [1.807, 2.05) is 54.7 Å². The molecule has 0 N–H and O–H groups in total. The molecule has 3 heterocycles. The Morgan fingerprint density at radius 2 is 1.79 bits per heavy atom. The molecule has 1 aromatic carbocycles. The zero-order chi connectivity index (χ0) is 23.4. The Balaban J connectivity index is 1.32. The lowest BCUT2D eigenvalue weighted by atomic mass is 10.1. The first-order valence-corrected chi connectivity index (χ1v) is 12.5. The van der Waals surface area contributed by atoms with Crippen molar-refractivity contribution in [1.82, 2.24) is 19.1 Å². The molecule has 0 radical (unpaired) electrons. The summed E-state index contributed by atoms with van der Waals surface area (Å²) in [5.41, 5.74) is 1.66. The number of ether oxygens (including phenoxy) is 1. The van der Waals surface area contributed by atoms with E-state index >= 15 is 0 Å². The molecule has 2 aromatic heterocycles. The van der Waals surface area contributed by atoms with Crippen LogP contribution in [0, 0.1) is 5.41 Å². The fourth-order valence-electron chi connectivity index (χ4n) is 3.96. The molecule has 1 saturated carbocycles. The summed E-state index contributed by atoms with van der Waals surface area (Å²) in [6, 6.07) is 15.2. The zero-order valence-corrected chi connectivity index (χ0v) is 19.8. The van der Waals surface area contributed by atoms with Crippen LogP contribution in [0.15, 0.2) is 65.7 Å². The van der Waals surface area contributed by atoms with Gasteiger partial charge in [-0.2, -0.15) is 9.78 Å². The van der Waals surface area contributed by atoms with Crippen LogP contribution in [0.3, 0.4) is 0 Å². The van der Waals surface area contributed by atoms with E-state index in [4.69, 9.17) is 4.74 Å². The largest absolute Gasteiger partial charge is 0.486 e. The molecule has 9 heteroatoms. The van der Waals surface area contributed by atoms with E-state index in [0.29, 0.717) is 11.4 Å². The zero-order valence-electron chi connectivity index (χ0n) is 19.0. The third-order valence-electron chi connectivity index (χ3n) is 6.38. The van der Waals surface area contributed by atoms with Gasteiger partial charge in [-0.3, -0.25) is 14.2 Å². The van der Waals surface area contributed by atoms with E-state index in [9.17, 15) is 9.18 Å². The smallest absolute Gasteiger partial charge is 0.316 e. The first-order valence-electron chi connectivity index (χ1n) is 11.6. The number of anilines is 1. The number of piperazine rings is 1. The van der Waals surface area contributed by atoms with E-state index in [1.54, 1.807) is 18.1 Å². The van der Waals surface area contributed by atoms with Crippen LogP contribution in [-0.4, -0.2) is 58.5 Å². The molecular formula is C25H28FN5O2S.